The number of benzene rings is 1. The Morgan fingerprint density at radius 2 is 1.88 bits per heavy atom. The largest absolute Gasteiger partial charge is 0.326 e. The van der Waals surface area contributed by atoms with E-state index in [4.69, 9.17) is 5.73 Å². The first-order valence-electron chi connectivity index (χ1n) is 5.75. The zero-order chi connectivity index (χ0) is 12.1. The van der Waals surface area contributed by atoms with Crippen molar-refractivity contribution < 1.29 is 0 Å². The maximum atomic E-state index is 5.65. The van der Waals surface area contributed by atoms with Crippen molar-refractivity contribution in [3.05, 3.63) is 57.8 Å². The van der Waals surface area contributed by atoms with Crippen LogP contribution in [0.2, 0.25) is 0 Å². The summed E-state index contributed by atoms with van der Waals surface area (Å²) in [6.45, 7) is 2.57. The van der Waals surface area contributed by atoms with Crippen LogP contribution in [-0.2, 0) is 19.6 Å². The summed E-state index contributed by atoms with van der Waals surface area (Å²) in [5.41, 5.74) is 9.55. The van der Waals surface area contributed by atoms with Gasteiger partial charge in [-0.2, -0.15) is 11.3 Å². The molecule has 90 valence electrons. The van der Waals surface area contributed by atoms with E-state index in [-0.39, 0.29) is 0 Å². The van der Waals surface area contributed by atoms with Crippen LogP contribution in [0.15, 0.2) is 41.1 Å². The lowest BCUT2D eigenvalue weighted by Gasteiger charge is -2.16. The molecule has 1 aromatic carbocycles. The summed E-state index contributed by atoms with van der Waals surface area (Å²) in [6.07, 6.45) is 0. The third-order valence-electron chi connectivity index (χ3n) is 2.71. The molecule has 1 heterocycles. The highest BCUT2D eigenvalue weighted by molar-refractivity contribution is 7.07. The Morgan fingerprint density at radius 1 is 1.12 bits per heavy atom. The van der Waals surface area contributed by atoms with Crippen LogP contribution in [0.3, 0.4) is 0 Å². The van der Waals surface area contributed by atoms with Gasteiger partial charge in [0, 0.05) is 19.6 Å². The molecule has 2 aromatic rings. The van der Waals surface area contributed by atoms with Crippen LogP contribution in [0, 0.1) is 0 Å². The van der Waals surface area contributed by atoms with E-state index in [9.17, 15) is 0 Å². The number of rotatable bonds is 5. The minimum atomic E-state index is 0.613. The summed E-state index contributed by atoms with van der Waals surface area (Å²) in [7, 11) is 2.15. The molecule has 0 amide bonds. The van der Waals surface area contributed by atoms with Crippen LogP contribution < -0.4 is 5.73 Å². The predicted molar refractivity (Wildman–Crippen MR) is 73.8 cm³/mol. The minimum absolute atomic E-state index is 0.613. The summed E-state index contributed by atoms with van der Waals surface area (Å²) in [5, 5.41) is 4.32. The highest BCUT2D eigenvalue weighted by Gasteiger charge is 2.02. The Hall–Kier alpha value is -1.16. The van der Waals surface area contributed by atoms with E-state index in [1.165, 1.54) is 16.7 Å². The third-order valence-corrected chi connectivity index (χ3v) is 3.44. The average Bonchev–Trinajstić information content (AvgIpc) is 2.82. The number of hydrogen-bond acceptors (Lipinski definition) is 3. The molecule has 2 N–H and O–H groups in total. The summed E-state index contributed by atoms with van der Waals surface area (Å²) in [4.78, 5) is 2.32. The van der Waals surface area contributed by atoms with Gasteiger partial charge in [0.2, 0.25) is 0 Å². The third kappa shape index (κ3) is 3.66. The molecule has 0 radical (unpaired) electrons. The summed E-state index contributed by atoms with van der Waals surface area (Å²) >= 11 is 1.75. The zero-order valence-corrected chi connectivity index (χ0v) is 10.9. The van der Waals surface area contributed by atoms with Gasteiger partial charge in [0.15, 0.2) is 0 Å². The van der Waals surface area contributed by atoms with Gasteiger partial charge in [0.05, 0.1) is 0 Å². The number of hydrogen-bond donors (Lipinski definition) is 1. The van der Waals surface area contributed by atoms with Crippen molar-refractivity contribution in [2.45, 2.75) is 19.6 Å². The molecule has 2 rings (SSSR count). The van der Waals surface area contributed by atoms with Crippen molar-refractivity contribution in [2.75, 3.05) is 7.05 Å². The molecule has 2 nitrogen and oxygen atoms in total. The zero-order valence-electron chi connectivity index (χ0n) is 10.1. The van der Waals surface area contributed by atoms with Crippen molar-refractivity contribution in [3.8, 4) is 0 Å². The molecule has 3 heteroatoms. The van der Waals surface area contributed by atoms with Crippen molar-refractivity contribution in [1.82, 2.24) is 4.90 Å². The summed E-state index contributed by atoms with van der Waals surface area (Å²) in [6, 6.07) is 10.7. The SMILES string of the molecule is CN(Cc1ccsc1)Cc1cccc(CN)c1. The lowest BCUT2D eigenvalue weighted by atomic mass is 10.1. The first-order valence-corrected chi connectivity index (χ1v) is 6.69. The second-order valence-electron chi connectivity index (χ2n) is 4.33. The predicted octanol–water partition coefficient (Wildman–Crippen LogP) is 2.84. The van der Waals surface area contributed by atoms with Crippen molar-refractivity contribution in [3.63, 3.8) is 0 Å². The molecular weight excluding hydrogens is 228 g/mol. The van der Waals surface area contributed by atoms with Crippen LogP contribution in [0.5, 0.6) is 0 Å². The summed E-state index contributed by atoms with van der Waals surface area (Å²) in [5.74, 6) is 0. The Labute approximate surface area is 107 Å². The minimum Gasteiger partial charge on any atom is -0.326 e. The molecule has 0 spiro atoms. The van der Waals surface area contributed by atoms with Gasteiger partial charge in [-0.1, -0.05) is 24.3 Å². The van der Waals surface area contributed by atoms with E-state index in [1.54, 1.807) is 11.3 Å². The quantitative estimate of drug-likeness (QED) is 0.879. The van der Waals surface area contributed by atoms with Gasteiger partial charge in [0.25, 0.3) is 0 Å². The molecule has 0 saturated carbocycles. The first kappa shape index (κ1) is 12.3. The molecule has 0 unspecified atom stereocenters. The fourth-order valence-electron chi connectivity index (χ4n) is 1.92. The Bertz CT molecular complexity index is 451. The smallest absolute Gasteiger partial charge is 0.0242 e. The Kier molecular flexibility index (Phi) is 4.31. The molecule has 0 fully saturated rings. The topological polar surface area (TPSA) is 29.3 Å². The van der Waals surface area contributed by atoms with Gasteiger partial charge >= 0.3 is 0 Å². The number of nitrogens with two attached hydrogens (primary N) is 1. The molecule has 0 bridgehead atoms. The number of thiophene rings is 1. The molecule has 0 atom stereocenters. The molecule has 0 saturated heterocycles. The molecular formula is C14H18N2S. The van der Waals surface area contributed by atoms with E-state index in [2.05, 4.69) is 53.0 Å². The molecule has 0 aliphatic heterocycles. The van der Waals surface area contributed by atoms with Crippen LogP contribution in [0.4, 0.5) is 0 Å². The van der Waals surface area contributed by atoms with Crippen LogP contribution in [-0.4, -0.2) is 11.9 Å². The Morgan fingerprint density at radius 3 is 2.59 bits per heavy atom. The van der Waals surface area contributed by atoms with Crippen molar-refractivity contribution in [2.24, 2.45) is 5.73 Å². The van der Waals surface area contributed by atoms with Crippen LogP contribution >= 0.6 is 11.3 Å². The maximum absolute atomic E-state index is 5.65. The molecule has 17 heavy (non-hydrogen) atoms. The van der Waals surface area contributed by atoms with Gasteiger partial charge in [0.1, 0.15) is 0 Å². The van der Waals surface area contributed by atoms with E-state index >= 15 is 0 Å². The molecule has 1 aromatic heterocycles. The monoisotopic (exact) mass is 246 g/mol. The Balaban J connectivity index is 1.95. The average molecular weight is 246 g/mol. The fourth-order valence-corrected chi connectivity index (χ4v) is 2.58. The van der Waals surface area contributed by atoms with Crippen molar-refractivity contribution >= 4 is 11.3 Å². The van der Waals surface area contributed by atoms with Gasteiger partial charge < -0.3 is 5.73 Å². The maximum Gasteiger partial charge on any atom is 0.0242 e. The van der Waals surface area contributed by atoms with E-state index in [1.807, 2.05) is 0 Å². The summed E-state index contributed by atoms with van der Waals surface area (Å²) < 4.78 is 0. The molecule has 0 aliphatic carbocycles. The highest BCUT2D eigenvalue weighted by atomic mass is 32.1. The van der Waals surface area contributed by atoms with Gasteiger partial charge in [-0.25, -0.2) is 0 Å². The van der Waals surface area contributed by atoms with E-state index in [0.717, 1.165) is 13.1 Å². The van der Waals surface area contributed by atoms with Crippen LogP contribution in [0.1, 0.15) is 16.7 Å². The normalized spacial score (nSPS) is 11.0. The van der Waals surface area contributed by atoms with E-state index in [0.29, 0.717) is 6.54 Å². The van der Waals surface area contributed by atoms with Crippen molar-refractivity contribution in [1.29, 1.82) is 0 Å². The lowest BCUT2D eigenvalue weighted by molar-refractivity contribution is 0.319. The van der Waals surface area contributed by atoms with Gasteiger partial charge in [-0.05, 0) is 40.6 Å². The van der Waals surface area contributed by atoms with Gasteiger partial charge in [-0.15, -0.1) is 0 Å². The fraction of sp³-hybridized carbons (Fsp3) is 0.286. The lowest BCUT2D eigenvalue weighted by Crippen LogP contribution is -2.17. The highest BCUT2D eigenvalue weighted by Crippen LogP contribution is 2.12. The molecule has 0 aliphatic rings. The second-order valence-corrected chi connectivity index (χ2v) is 5.11. The standard InChI is InChI=1S/C14H18N2S/c1-16(10-14-5-6-17-11-14)9-13-4-2-3-12(7-13)8-15/h2-7,11H,8-10,15H2,1H3. The van der Waals surface area contributed by atoms with Gasteiger partial charge in [-0.3, -0.25) is 4.90 Å². The number of nitrogens with zero attached hydrogens (tertiary/aromatic N) is 1. The first-order chi connectivity index (χ1) is 8.28. The second kappa shape index (κ2) is 5.96. The van der Waals surface area contributed by atoms with Crippen LogP contribution in [0.25, 0.3) is 0 Å². The van der Waals surface area contributed by atoms with E-state index < -0.39 is 0 Å².